The van der Waals surface area contributed by atoms with Crippen molar-refractivity contribution in [3.05, 3.63) is 79.9 Å². The summed E-state index contributed by atoms with van der Waals surface area (Å²) in [6.07, 6.45) is 4.54. The second-order valence-corrected chi connectivity index (χ2v) is 8.07. The van der Waals surface area contributed by atoms with Crippen molar-refractivity contribution in [3.63, 3.8) is 0 Å². The van der Waals surface area contributed by atoms with Crippen LogP contribution in [0, 0.1) is 20.2 Å². The number of nitro groups is 2. The van der Waals surface area contributed by atoms with Gasteiger partial charge in [0.25, 0.3) is 11.4 Å². The predicted molar refractivity (Wildman–Crippen MR) is 113 cm³/mol. The van der Waals surface area contributed by atoms with Crippen LogP contribution in [-0.4, -0.2) is 45.8 Å². The molecule has 0 bridgehead atoms. The topological polar surface area (TPSA) is 92.8 Å². The van der Waals surface area contributed by atoms with Crippen molar-refractivity contribution in [2.45, 2.75) is 37.8 Å². The van der Waals surface area contributed by atoms with Crippen LogP contribution < -0.4 is 0 Å². The number of benzene rings is 2. The van der Waals surface area contributed by atoms with Gasteiger partial charge in [0.2, 0.25) is 0 Å². The number of likely N-dealkylation sites (tertiary alicyclic amines) is 2. The molecule has 8 heteroatoms. The van der Waals surface area contributed by atoms with Crippen LogP contribution in [0.15, 0.2) is 48.5 Å². The Kier molecular flexibility index (Phi) is 6.06. The lowest BCUT2D eigenvalue weighted by atomic mass is 9.90. The van der Waals surface area contributed by atoms with Crippen molar-refractivity contribution < 1.29 is 9.85 Å². The lowest BCUT2D eigenvalue weighted by Crippen LogP contribution is -2.39. The first-order valence-corrected chi connectivity index (χ1v) is 10.5. The number of rotatable bonds is 7. The summed E-state index contributed by atoms with van der Waals surface area (Å²) in [5, 5.41) is 22.2. The molecule has 0 aromatic heterocycles. The third-order valence-corrected chi connectivity index (χ3v) is 6.26. The van der Waals surface area contributed by atoms with Gasteiger partial charge in [-0.15, -0.1) is 0 Å². The average molecular weight is 410 g/mol. The van der Waals surface area contributed by atoms with E-state index in [0.29, 0.717) is 0 Å². The molecule has 0 aliphatic carbocycles. The zero-order valence-electron chi connectivity index (χ0n) is 16.9. The van der Waals surface area contributed by atoms with E-state index in [-0.39, 0.29) is 33.3 Å². The smallest absolute Gasteiger partial charge is 0.269 e. The molecule has 2 fully saturated rings. The Hall–Kier alpha value is -2.84. The minimum atomic E-state index is -0.372. The normalized spacial score (nSPS) is 19.6. The number of nitrogens with zero attached hydrogens (tertiary/aromatic N) is 4. The molecule has 2 aromatic rings. The predicted octanol–water partition coefficient (Wildman–Crippen LogP) is 4.48. The first-order chi connectivity index (χ1) is 14.5. The number of nitro benzene ring substituents is 2. The van der Waals surface area contributed by atoms with Crippen LogP contribution in [-0.2, 0) is 0 Å². The number of non-ortho nitro benzene ring substituents is 2. The van der Waals surface area contributed by atoms with Gasteiger partial charge >= 0.3 is 0 Å². The molecule has 4 rings (SSSR count). The summed E-state index contributed by atoms with van der Waals surface area (Å²) in [5.41, 5.74) is 2.29. The number of hydrogen-bond donors (Lipinski definition) is 0. The van der Waals surface area contributed by atoms with Crippen LogP contribution in [0.4, 0.5) is 11.4 Å². The van der Waals surface area contributed by atoms with Gasteiger partial charge < -0.3 is 0 Å². The molecular formula is C22H26N4O4. The van der Waals surface area contributed by atoms with Crippen molar-refractivity contribution in [1.82, 2.24) is 9.80 Å². The van der Waals surface area contributed by atoms with Gasteiger partial charge in [-0.3, -0.25) is 30.0 Å². The third-order valence-electron chi connectivity index (χ3n) is 6.26. The SMILES string of the molecule is O=[N+]([O-])c1ccc([C@H]([C@@H](c2ccc([N+](=O)[O-])cc2)N2CCCC2)N2CCCC2)cc1. The summed E-state index contributed by atoms with van der Waals surface area (Å²) >= 11 is 0. The van der Waals surface area contributed by atoms with Crippen molar-refractivity contribution in [2.75, 3.05) is 26.2 Å². The van der Waals surface area contributed by atoms with Crippen molar-refractivity contribution in [2.24, 2.45) is 0 Å². The molecule has 158 valence electrons. The zero-order chi connectivity index (χ0) is 21.1. The van der Waals surface area contributed by atoms with E-state index < -0.39 is 0 Å². The van der Waals surface area contributed by atoms with Crippen LogP contribution in [0.1, 0.15) is 48.9 Å². The standard InChI is InChI=1S/C22H26N4O4/c27-25(28)19-9-5-17(6-10-19)21(23-13-1-2-14-23)22(24-15-3-4-16-24)18-7-11-20(12-8-18)26(29)30/h5-12,21-22H,1-4,13-16H2/t21-,22-/m1/s1. The minimum absolute atomic E-state index is 0.0489. The van der Waals surface area contributed by atoms with Crippen LogP contribution in [0.2, 0.25) is 0 Å². The van der Waals surface area contributed by atoms with E-state index in [4.69, 9.17) is 0 Å². The molecule has 8 nitrogen and oxygen atoms in total. The highest BCUT2D eigenvalue weighted by atomic mass is 16.6. The van der Waals surface area contributed by atoms with Gasteiger partial charge in [-0.1, -0.05) is 24.3 Å². The van der Waals surface area contributed by atoms with E-state index >= 15 is 0 Å². The van der Waals surface area contributed by atoms with Crippen molar-refractivity contribution in [3.8, 4) is 0 Å². The molecule has 0 N–H and O–H groups in total. The summed E-state index contributed by atoms with van der Waals surface area (Å²) in [6, 6.07) is 13.9. The highest BCUT2D eigenvalue weighted by molar-refractivity contribution is 5.39. The fraction of sp³-hybridized carbons (Fsp3) is 0.455. The fourth-order valence-electron chi connectivity index (χ4n) is 4.81. The van der Waals surface area contributed by atoms with E-state index in [2.05, 4.69) is 9.80 Å². The molecule has 0 amide bonds. The van der Waals surface area contributed by atoms with E-state index in [9.17, 15) is 20.2 Å². The molecule has 0 unspecified atom stereocenters. The molecule has 0 saturated carbocycles. The molecule has 30 heavy (non-hydrogen) atoms. The second kappa shape index (κ2) is 8.89. The quantitative estimate of drug-likeness (QED) is 0.494. The first-order valence-electron chi connectivity index (χ1n) is 10.5. The maximum absolute atomic E-state index is 11.1. The maximum Gasteiger partial charge on any atom is 0.269 e. The molecule has 2 aliphatic rings. The summed E-state index contributed by atoms with van der Waals surface area (Å²) in [6.45, 7) is 3.94. The van der Waals surface area contributed by atoms with E-state index in [1.54, 1.807) is 24.3 Å². The van der Waals surface area contributed by atoms with Crippen LogP contribution >= 0.6 is 0 Å². The monoisotopic (exact) mass is 410 g/mol. The Morgan fingerprint density at radius 1 is 0.600 bits per heavy atom. The minimum Gasteiger partial charge on any atom is -0.294 e. The molecule has 2 atom stereocenters. The van der Waals surface area contributed by atoms with Gasteiger partial charge in [0.05, 0.1) is 21.9 Å². The lowest BCUT2D eigenvalue weighted by Gasteiger charge is -2.40. The summed E-state index contributed by atoms with van der Waals surface area (Å²) in [5.74, 6) is 0. The molecule has 2 aliphatic heterocycles. The van der Waals surface area contributed by atoms with Crippen molar-refractivity contribution in [1.29, 1.82) is 0 Å². The van der Waals surface area contributed by atoms with Crippen LogP contribution in [0.3, 0.4) is 0 Å². The fourth-order valence-corrected chi connectivity index (χ4v) is 4.81. The Balaban J connectivity index is 1.76. The Morgan fingerprint density at radius 2 is 0.900 bits per heavy atom. The highest BCUT2D eigenvalue weighted by Gasteiger charge is 2.37. The molecule has 2 heterocycles. The molecular weight excluding hydrogens is 384 g/mol. The molecule has 0 spiro atoms. The summed E-state index contributed by atoms with van der Waals surface area (Å²) < 4.78 is 0. The Bertz CT molecular complexity index is 813. The summed E-state index contributed by atoms with van der Waals surface area (Å²) in [7, 11) is 0. The van der Waals surface area contributed by atoms with Crippen LogP contribution in [0.5, 0.6) is 0 Å². The summed E-state index contributed by atoms with van der Waals surface area (Å²) in [4.78, 5) is 26.4. The molecule has 0 radical (unpaired) electrons. The van der Waals surface area contributed by atoms with Gasteiger partial charge in [-0.25, -0.2) is 0 Å². The zero-order valence-corrected chi connectivity index (χ0v) is 16.9. The largest absolute Gasteiger partial charge is 0.294 e. The van der Waals surface area contributed by atoms with E-state index in [1.807, 2.05) is 24.3 Å². The van der Waals surface area contributed by atoms with Gasteiger partial charge in [0.15, 0.2) is 0 Å². The molecule has 2 aromatic carbocycles. The third kappa shape index (κ3) is 4.20. The van der Waals surface area contributed by atoms with Gasteiger partial charge in [-0.2, -0.15) is 0 Å². The van der Waals surface area contributed by atoms with Gasteiger partial charge in [-0.05, 0) is 63.0 Å². The Morgan fingerprint density at radius 3 is 1.17 bits per heavy atom. The first kappa shape index (κ1) is 20.4. The number of hydrogen-bond acceptors (Lipinski definition) is 6. The van der Waals surface area contributed by atoms with E-state index in [1.165, 1.54) is 0 Å². The molecule has 2 saturated heterocycles. The maximum atomic E-state index is 11.1. The Labute approximate surface area is 175 Å². The second-order valence-electron chi connectivity index (χ2n) is 8.07. The highest BCUT2D eigenvalue weighted by Crippen LogP contribution is 2.42. The van der Waals surface area contributed by atoms with Gasteiger partial charge in [0.1, 0.15) is 0 Å². The van der Waals surface area contributed by atoms with Gasteiger partial charge in [0, 0.05) is 24.3 Å². The van der Waals surface area contributed by atoms with Crippen LogP contribution in [0.25, 0.3) is 0 Å². The van der Waals surface area contributed by atoms with E-state index in [0.717, 1.165) is 63.0 Å². The average Bonchev–Trinajstić information content (AvgIpc) is 3.46. The van der Waals surface area contributed by atoms with Crippen molar-refractivity contribution >= 4 is 11.4 Å². The lowest BCUT2D eigenvalue weighted by molar-refractivity contribution is -0.385.